The van der Waals surface area contributed by atoms with E-state index in [0.29, 0.717) is 46.7 Å². The molecule has 1 aromatic heterocycles. The third-order valence-electron chi connectivity index (χ3n) is 5.26. The Kier molecular flexibility index (Phi) is 9.56. The average Bonchev–Trinajstić information content (AvgIpc) is 3.49. The summed E-state index contributed by atoms with van der Waals surface area (Å²) < 4.78 is 16.0. The topological polar surface area (TPSA) is 124 Å². The first kappa shape index (κ1) is 26.6. The molecule has 9 nitrogen and oxygen atoms in total. The highest BCUT2D eigenvalue weighted by atomic mass is 35.5. The van der Waals surface area contributed by atoms with Gasteiger partial charge in [0.1, 0.15) is 12.7 Å². The lowest BCUT2D eigenvalue weighted by molar-refractivity contribution is -0.125. The minimum atomic E-state index is -0.515. The second-order valence-corrected chi connectivity index (χ2v) is 9.38. The smallest absolute Gasteiger partial charge is 0.261 e. The van der Waals surface area contributed by atoms with Crippen molar-refractivity contribution in [3.05, 3.63) is 45.1 Å². The van der Waals surface area contributed by atoms with E-state index in [9.17, 15) is 24.0 Å². The van der Waals surface area contributed by atoms with E-state index < -0.39 is 6.04 Å². The van der Waals surface area contributed by atoms with Crippen LogP contribution >= 0.6 is 22.9 Å². The molecule has 0 bridgehead atoms. The van der Waals surface area contributed by atoms with Crippen LogP contribution in [-0.4, -0.2) is 62.8 Å². The van der Waals surface area contributed by atoms with Crippen LogP contribution in [0.25, 0.3) is 0 Å². The van der Waals surface area contributed by atoms with Crippen molar-refractivity contribution in [1.29, 1.82) is 5.26 Å². The summed E-state index contributed by atoms with van der Waals surface area (Å²) in [5, 5.41) is 18.3. The molecular formula is C23H25ClFN5O4S. The zero-order valence-corrected chi connectivity index (χ0v) is 20.5. The lowest BCUT2D eigenvalue weighted by atomic mass is 10.1. The largest absolute Gasteiger partial charge is 0.370 e. The lowest BCUT2D eigenvalue weighted by Crippen LogP contribution is -2.41. The van der Waals surface area contributed by atoms with Gasteiger partial charge in [-0.05, 0) is 43.7 Å². The highest BCUT2D eigenvalue weighted by Gasteiger charge is 2.31. The van der Waals surface area contributed by atoms with Gasteiger partial charge < -0.3 is 25.6 Å². The van der Waals surface area contributed by atoms with Gasteiger partial charge in [-0.25, -0.2) is 0 Å². The van der Waals surface area contributed by atoms with E-state index in [1.54, 1.807) is 35.2 Å². The Balaban J connectivity index is 0.00000108. The molecule has 12 heteroatoms. The standard InChI is InChI=1S/C21H20ClN5O4S.C2H5F/c22-18-4-3-17(32-18)21(30)25-13-8-16(24-10-13)20(29)26-15-2-1-14(7-12(15)9-23)27-5-6-31-11-19(27)28;1-2-3/h1-4,7,13,16,24H,5-6,8,10-11H2,(H,25,30)(H,26,29);2H2,1H3. The van der Waals surface area contributed by atoms with Crippen LogP contribution in [0.5, 0.6) is 0 Å². The number of thiophene rings is 1. The van der Waals surface area contributed by atoms with E-state index in [1.807, 2.05) is 0 Å². The Morgan fingerprint density at radius 1 is 1.37 bits per heavy atom. The first-order chi connectivity index (χ1) is 16.9. The van der Waals surface area contributed by atoms with Gasteiger partial charge in [-0.3, -0.25) is 18.8 Å². The SMILES string of the molecule is CCF.N#Cc1cc(N2CCOCC2=O)ccc1NC(=O)C1CC(NC(=O)c2ccc(Cl)s2)CN1. The monoisotopic (exact) mass is 521 g/mol. The molecule has 186 valence electrons. The maximum atomic E-state index is 12.7. The van der Waals surface area contributed by atoms with Crippen molar-refractivity contribution in [3.8, 4) is 6.07 Å². The number of alkyl halides is 1. The second kappa shape index (κ2) is 12.6. The molecule has 3 heterocycles. The van der Waals surface area contributed by atoms with Gasteiger partial charge in [-0.15, -0.1) is 11.3 Å². The number of carbonyl (C=O) groups is 3. The van der Waals surface area contributed by atoms with E-state index in [0.717, 1.165) is 0 Å². The summed E-state index contributed by atoms with van der Waals surface area (Å²) in [5.74, 6) is -0.702. The van der Waals surface area contributed by atoms with Gasteiger partial charge in [0.25, 0.3) is 11.8 Å². The molecule has 2 aliphatic rings. The van der Waals surface area contributed by atoms with Gasteiger partial charge in [-0.2, -0.15) is 5.26 Å². The number of nitrogens with one attached hydrogen (secondary N) is 3. The Morgan fingerprint density at radius 2 is 2.14 bits per heavy atom. The van der Waals surface area contributed by atoms with Crippen molar-refractivity contribution in [3.63, 3.8) is 0 Å². The Bertz CT molecular complexity index is 1120. The molecule has 2 aromatic rings. The van der Waals surface area contributed by atoms with Gasteiger partial charge in [0.05, 0.1) is 39.8 Å². The number of rotatable bonds is 5. The number of hydrogen-bond donors (Lipinski definition) is 3. The minimum absolute atomic E-state index is 0.00491. The highest BCUT2D eigenvalue weighted by Crippen LogP contribution is 2.25. The van der Waals surface area contributed by atoms with Crippen molar-refractivity contribution < 1.29 is 23.5 Å². The number of amides is 3. The second-order valence-electron chi connectivity index (χ2n) is 7.67. The molecule has 0 saturated carbocycles. The van der Waals surface area contributed by atoms with Crippen molar-refractivity contribution in [2.75, 3.05) is 43.2 Å². The molecule has 35 heavy (non-hydrogen) atoms. The van der Waals surface area contributed by atoms with Crippen LogP contribution in [0.15, 0.2) is 30.3 Å². The number of nitriles is 1. The van der Waals surface area contributed by atoms with E-state index in [4.69, 9.17) is 16.3 Å². The zero-order chi connectivity index (χ0) is 25.4. The van der Waals surface area contributed by atoms with Gasteiger partial charge in [-0.1, -0.05) is 11.6 Å². The number of hydrogen-bond acceptors (Lipinski definition) is 7. The molecule has 4 rings (SSSR count). The van der Waals surface area contributed by atoms with Gasteiger partial charge in [0.15, 0.2) is 0 Å². The Labute approximate surface area is 211 Å². The molecule has 0 spiro atoms. The van der Waals surface area contributed by atoms with Crippen LogP contribution in [0, 0.1) is 11.3 Å². The predicted octanol–water partition coefficient (Wildman–Crippen LogP) is 2.71. The molecule has 2 saturated heterocycles. The molecule has 0 aliphatic carbocycles. The fourth-order valence-corrected chi connectivity index (χ4v) is 4.60. The Morgan fingerprint density at radius 3 is 2.80 bits per heavy atom. The van der Waals surface area contributed by atoms with Crippen molar-refractivity contribution in [1.82, 2.24) is 10.6 Å². The molecule has 2 fully saturated rings. The van der Waals surface area contributed by atoms with Crippen molar-refractivity contribution in [2.24, 2.45) is 0 Å². The Hall–Kier alpha value is -3.04. The summed E-state index contributed by atoms with van der Waals surface area (Å²) in [7, 11) is 0. The predicted molar refractivity (Wildman–Crippen MR) is 132 cm³/mol. The number of nitrogens with zero attached hydrogens (tertiary/aromatic N) is 2. The summed E-state index contributed by atoms with van der Waals surface area (Å²) in [6.07, 6.45) is 0.416. The van der Waals surface area contributed by atoms with E-state index in [-0.39, 0.29) is 42.6 Å². The summed E-state index contributed by atoms with van der Waals surface area (Å²) in [6, 6.07) is 9.56. The van der Waals surface area contributed by atoms with Gasteiger partial charge >= 0.3 is 0 Å². The molecular weight excluding hydrogens is 497 g/mol. The number of halogens is 2. The molecule has 2 atom stereocenters. The maximum Gasteiger partial charge on any atom is 0.261 e. The molecule has 3 N–H and O–H groups in total. The summed E-state index contributed by atoms with van der Waals surface area (Å²) in [6.45, 7) is 2.50. The van der Waals surface area contributed by atoms with Crippen LogP contribution in [0.1, 0.15) is 28.6 Å². The first-order valence-electron chi connectivity index (χ1n) is 10.9. The zero-order valence-electron chi connectivity index (χ0n) is 19.0. The number of carbonyl (C=O) groups excluding carboxylic acids is 3. The summed E-state index contributed by atoms with van der Waals surface area (Å²) in [4.78, 5) is 39.1. The third-order valence-corrected chi connectivity index (χ3v) is 6.49. The third kappa shape index (κ3) is 6.99. The van der Waals surface area contributed by atoms with Crippen LogP contribution in [0.3, 0.4) is 0 Å². The number of benzene rings is 1. The van der Waals surface area contributed by atoms with Gasteiger partial charge in [0, 0.05) is 24.8 Å². The molecule has 0 radical (unpaired) electrons. The summed E-state index contributed by atoms with van der Waals surface area (Å²) in [5.41, 5.74) is 1.21. The van der Waals surface area contributed by atoms with Crippen molar-refractivity contribution >= 4 is 52.0 Å². The van der Waals surface area contributed by atoms with Gasteiger partial charge in [0.2, 0.25) is 5.91 Å². The maximum absolute atomic E-state index is 12.7. The molecule has 3 amide bonds. The van der Waals surface area contributed by atoms with Crippen LogP contribution < -0.4 is 20.9 Å². The number of morpholine rings is 1. The fourth-order valence-electron chi connectivity index (χ4n) is 3.65. The van der Waals surface area contributed by atoms with Crippen molar-refractivity contribution in [2.45, 2.75) is 25.4 Å². The first-order valence-corrected chi connectivity index (χ1v) is 12.1. The van der Waals surface area contributed by atoms with E-state index in [1.165, 1.54) is 18.3 Å². The number of anilines is 2. The molecule has 2 aliphatic heterocycles. The fraction of sp³-hybridized carbons (Fsp3) is 0.391. The number of ether oxygens (including phenoxy) is 1. The van der Waals surface area contributed by atoms with Crippen LogP contribution in [0.4, 0.5) is 15.8 Å². The minimum Gasteiger partial charge on any atom is -0.370 e. The van der Waals surface area contributed by atoms with Crippen LogP contribution in [-0.2, 0) is 14.3 Å². The van der Waals surface area contributed by atoms with E-state index in [2.05, 4.69) is 22.0 Å². The lowest BCUT2D eigenvalue weighted by Gasteiger charge is -2.27. The molecule has 1 aromatic carbocycles. The average molecular weight is 522 g/mol. The normalized spacial score (nSPS) is 19.4. The van der Waals surface area contributed by atoms with Crippen LogP contribution in [0.2, 0.25) is 4.34 Å². The molecule has 2 unspecified atom stereocenters. The highest BCUT2D eigenvalue weighted by molar-refractivity contribution is 7.18. The quantitative estimate of drug-likeness (QED) is 0.556. The van der Waals surface area contributed by atoms with E-state index >= 15 is 0 Å². The summed E-state index contributed by atoms with van der Waals surface area (Å²) >= 11 is 7.07.